The summed E-state index contributed by atoms with van der Waals surface area (Å²) in [7, 11) is 0. The van der Waals surface area contributed by atoms with Crippen LogP contribution in [-0.4, -0.2) is 6.61 Å². The zero-order chi connectivity index (χ0) is 9.14. The molecule has 0 saturated carbocycles. The van der Waals surface area contributed by atoms with Crippen molar-refractivity contribution in [3.8, 4) is 5.75 Å². The van der Waals surface area contributed by atoms with Gasteiger partial charge in [-0.3, -0.25) is 0 Å². The fourth-order valence-electron chi connectivity index (χ4n) is 0.770. The van der Waals surface area contributed by atoms with Gasteiger partial charge in [-0.1, -0.05) is 0 Å². The summed E-state index contributed by atoms with van der Waals surface area (Å²) in [6.45, 7) is 2.12. The van der Waals surface area contributed by atoms with E-state index in [1.165, 1.54) is 6.07 Å². The predicted octanol–water partition coefficient (Wildman–Crippen LogP) is 2.97. The topological polar surface area (TPSA) is 9.23 Å². The number of ether oxygens (including phenoxy) is 1. The van der Waals surface area contributed by atoms with Gasteiger partial charge in [0.15, 0.2) is 11.6 Å². The Labute approximate surface area is 82.9 Å². The molecule has 0 bridgehead atoms. The average Bonchev–Trinajstić information content (AvgIpc) is 2.01. The number of halogens is 3. The van der Waals surface area contributed by atoms with Gasteiger partial charge in [-0.15, -0.1) is 0 Å². The maximum atomic E-state index is 12.8. The average molecular weight is 284 g/mol. The molecule has 0 unspecified atom stereocenters. The summed E-state index contributed by atoms with van der Waals surface area (Å²) in [6.07, 6.45) is 0. The van der Waals surface area contributed by atoms with Gasteiger partial charge in [0.2, 0.25) is 0 Å². The van der Waals surface area contributed by atoms with E-state index in [9.17, 15) is 8.78 Å². The Morgan fingerprint density at radius 2 is 2.00 bits per heavy atom. The molecule has 0 aromatic heterocycles. The molecular formula is C8H7F2IO. The minimum absolute atomic E-state index is 0.100. The lowest BCUT2D eigenvalue weighted by molar-refractivity contribution is 0.320. The first-order chi connectivity index (χ1) is 5.65. The highest BCUT2D eigenvalue weighted by Gasteiger charge is 2.07. The van der Waals surface area contributed by atoms with Crippen molar-refractivity contribution in [2.45, 2.75) is 6.92 Å². The van der Waals surface area contributed by atoms with E-state index in [1.54, 1.807) is 29.5 Å². The van der Waals surface area contributed by atoms with E-state index in [0.717, 1.165) is 6.07 Å². The molecule has 0 atom stereocenters. The van der Waals surface area contributed by atoms with Crippen molar-refractivity contribution in [2.24, 2.45) is 0 Å². The van der Waals surface area contributed by atoms with Crippen LogP contribution in [0.25, 0.3) is 0 Å². The largest absolute Gasteiger partial charge is 0.491 e. The molecule has 0 saturated heterocycles. The van der Waals surface area contributed by atoms with E-state index in [2.05, 4.69) is 0 Å². The van der Waals surface area contributed by atoms with Gasteiger partial charge >= 0.3 is 0 Å². The van der Waals surface area contributed by atoms with Crippen molar-refractivity contribution in [1.82, 2.24) is 0 Å². The van der Waals surface area contributed by atoms with E-state index in [1.807, 2.05) is 0 Å². The molecule has 0 spiro atoms. The van der Waals surface area contributed by atoms with Gasteiger partial charge in [0.25, 0.3) is 0 Å². The second-order valence-corrected chi connectivity index (χ2v) is 3.29. The Kier molecular flexibility index (Phi) is 3.25. The quantitative estimate of drug-likeness (QED) is 0.599. The summed E-state index contributed by atoms with van der Waals surface area (Å²) in [6, 6.07) is 2.17. The summed E-state index contributed by atoms with van der Waals surface area (Å²) < 4.78 is 30.8. The van der Waals surface area contributed by atoms with Crippen molar-refractivity contribution < 1.29 is 13.5 Å². The lowest BCUT2D eigenvalue weighted by Crippen LogP contribution is -1.96. The summed E-state index contributed by atoms with van der Waals surface area (Å²) in [5, 5.41) is 0. The highest BCUT2D eigenvalue weighted by molar-refractivity contribution is 14.1. The first kappa shape index (κ1) is 9.70. The highest BCUT2D eigenvalue weighted by atomic mass is 127. The number of hydrogen-bond donors (Lipinski definition) is 0. The molecule has 0 amide bonds. The molecule has 0 aliphatic carbocycles. The molecule has 1 rings (SSSR count). The van der Waals surface area contributed by atoms with E-state index in [0.29, 0.717) is 10.2 Å². The van der Waals surface area contributed by atoms with Crippen LogP contribution in [0.1, 0.15) is 6.92 Å². The molecule has 0 radical (unpaired) electrons. The van der Waals surface area contributed by atoms with E-state index in [-0.39, 0.29) is 5.75 Å². The van der Waals surface area contributed by atoms with Crippen LogP contribution in [0.15, 0.2) is 12.1 Å². The Hall–Kier alpha value is -0.390. The zero-order valence-corrected chi connectivity index (χ0v) is 8.56. The number of hydrogen-bond acceptors (Lipinski definition) is 1. The van der Waals surface area contributed by atoms with E-state index >= 15 is 0 Å². The summed E-state index contributed by atoms with van der Waals surface area (Å²) in [5.74, 6) is -1.12. The third-order valence-electron chi connectivity index (χ3n) is 1.27. The Balaban J connectivity index is 3.05. The third-order valence-corrected chi connectivity index (χ3v) is 2.10. The van der Waals surface area contributed by atoms with Crippen molar-refractivity contribution in [2.75, 3.05) is 6.61 Å². The molecule has 1 aromatic carbocycles. The minimum Gasteiger partial charge on any atom is -0.491 e. The highest BCUT2D eigenvalue weighted by Crippen LogP contribution is 2.22. The third kappa shape index (κ3) is 2.06. The van der Waals surface area contributed by atoms with Crippen LogP contribution in [0.4, 0.5) is 8.78 Å². The van der Waals surface area contributed by atoms with Crippen molar-refractivity contribution in [3.05, 3.63) is 27.3 Å². The molecule has 12 heavy (non-hydrogen) atoms. The molecule has 1 aromatic rings. The normalized spacial score (nSPS) is 10.0. The molecule has 4 heteroatoms. The van der Waals surface area contributed by atoms with Crippen molar-refractivity contribution in [1.29, 1.82) is 0 Å². The lowest BCUT2D eigenvalue weighted by atomic mass is 10.3. The molecule has 0 N–H and O–H groups in total. The fraction of sp³-hybridized carbons (Fsp3) is 0.250. The first-order valence-electron chi connectivity index (χ1n) is 3.42. The summed E-state index contributed by atoms with van der Waals surface area (Å²) >= 11 is 1.78. The second-order valence-electron chi connectivity index (χ2n) is 2.13. The lowest BCUT2D eigenvalue weighted by Gasteiger charge is -2.04. The van der Waals surface area contributed by atoms with Crippen LogP contribution in [0.2, 0.25) is 0 Å². The van der Waals surface area contributed by atoms with E-state index < -0.39 is 11.6 Å². The zero-order valence-electron chi connectivity index (χ0n) is 6.40. The Morgan fingerprint density at radius 1 is 1.33 bits per heavy atom. The van der Waals surface area contributed by atoms with Crippen LogP contribution in [0.3, 0.4) is 0 Å². The fourth-order valence-corrected chi connectivity index (χ4v) is 1.21. The maximum Gasteiger partial charge on any atom is 0.168 e. The van der Waals surface area contributed by atoms with Gasteiger partial charge in [-0.25, -0.2) is 8.78 Å². The van der Waals surface area contributed by atoms with E-state index in [4.69, 9.17) is 4.74 Å². The Bertz CT molecular complexity index is 289. The minimum atomic E-state index is -0.658. The molecular weight excluding hydrogens is 277 g/mol. The SMILES string of the molecule is CCOc1cc(I)c(F)cc1F. The molecule has 66 valence electrons. The van der Waals surface area contributed by atoms with Gasteiger partial charge in [-0.05, 0) is 35.6 Å². The number of benzene rings is 1. The van der Waals surface area contributed by atoms with Gasteiger partial charge in [0.1, 0.15) is 5.82 Å². The molecule has 0 heterocycles. The smallest absolute Gasteiger partial charge is 0.168 e. The summed E-state index contributed by atoms with van der Waals surface area (Å²) in [5.41, 5.74) is 0. The van der Waals surface area contributed by atoms with Gasteiger partial charge in [0.05, 0.1) is 10.2 Å². The van der Waals surface area contributed by atoms with Crippen molar-refractivity contribution in [3.63, 3.8) is 0 Å². The molecule has 0 aliphatic heterocycles. The van der Waals surface area contributed by atoms with Crippen LogP contribution < -0.4 is 4.74 Å². The Morgan fingerprint density at radius 3 is 2.58 bits per heavy atom. The molecule has 1 nitrogen and oxygen atoms in total. The molecule has 0 aliphatic rings. The van der Waals surface area contributed by atoms with Crippen LogP contribution in [0.5, 0.6) is 5.75 Å². The van der Waals surface area contributed by atoms with Crippen LogP contribution in [0, 0.1) is 15.2 Å². The van der Waals surface area contributed by atoms with Gasteiger partial charge in [0, 0.05) is 6.07 Å². The molecule has 0 fully saturated rings. The van der Waals surface area contributed by atoms with Gasteiger partial charge < -0.3 is 4.74 Å². The standard InChI is InChI=1S/C8H7F2IO/c1-2-12-8-4-7(11)5(9)3-6(8)10/h3-4H,2H2,1H3. The predicted molar refractivity (Wildman–Crippen MR) is 50.2 cm³/mol. The maximum absolute atomic E-state index is 12.8. The van der Waals surface area contributed by atoms with Crippen LogP contribution in [-0.2, 0) is 0 Å². The summed E-state index contributed by atoms with van der Waals surface area (Å²) in [4.78, 5) is 0. The second kappa shape index (κ2) is 4.02. The van der Waals surface area contributed by atoms with Crippen LogP contribution >= 0.6 is 22.6 Å². The number of rotatable bonds is 2. The first-order valence-corrected chi connectivity index (χ1v) is 4.50. The van der Waals surface area contributed by atoms with Gasteiger partial charge in [-0.2, -0.15) is 0 Å². The monoisotopic (exact) mass is 284 g/mol. The van der Waals surface area contributed by atoms with Crippen molar-refractivity contribution >= 4 is 22.6 Å².